The van der Waals surface area contributed by atoms with Crippen LogP contribution < -0.4 is 0 Å². The molecule has 0 aromatic heterocycles. The van der Waals surface area contributed by atoms with Crippen molar-refractivity contribution in [1.82, 2.24) is 0 Å². The summed E-state index contributed by atoms with van der Waals surface area (Å²) in [5, 5.41) is 0. The van der Waals surface area contributed by atoms with Crippen LogP contribution in [0.4, 0.5) is 0 Å². The van der Waals surface area contributed by atoms with Crippen LogP contribution in [0.25, 0.3) is 0 Å². The lowest BCUT2D eigenvalue weighted by atomic mass is 10.2. The van der Waals surface area contributed by atoms with Crippen molar-refractivity contribution in [3.63, 3.8) is 0 Å². The molecule has 0 radical (unpaired) electrons. The van der Waals surface area contributed by atoms with Gasteiger partial charge in [-0.15, -0.1) is 0 Å². The predicted octanol–water partition coefficient (Wildman–Crippen LogP) is 2.95. The number of aldehydes is 1. The third-order valence-corrected chi connectivity index (χ3v) is 2.72. The number of carbonyl (C=O) groups excluding carboxylic acids is 1. The Morgan fingerprint density at radius 2 is 1.75 bits per heavy atom. The average molecular weight is 236 g/mol. The van der Waals surface area contributed by atoms with Gasteiger partial charge in [0, 0.05) is 5.56 Å². The van der Waals surface area contributed by atoms with Crippen LogP contribution in [-0.4, -0.2) is 16.0 Å². The maximum absolute atomic E-state index is 10.0. The molecule has 0 bridgehead atoms. The van der Waals surface area contributed by atoms with Crippen LogP contribution in [-0.2, 0) is 4.43 Å². The second-order valence-corrected chi connectivity index (χ2v) is 4.38. The number of carbonyl (C=O) groups is 1. The molecule has 0 atom stereocenters. The van der Waals surface area contributed by atoms with Crippen molar-refractivity contribution >= 4 is 16.0 Å². The van der Waals surface area contributed by atoms with Gasteiger partial charge >= 0.3 is 0 Å². The molecular formula is C13H20O2Si. The second-order valence-electron chi connectivity index (χ2n) is 3.52. The highest BCUT2D eigenvalue weighted by Gasteiger charge is 1.86. The summed E-state index contributed by atoms with van der Waals surface area (Å²) >= 11 is 0. The van der Waals surface area contributed by atoms with E-state index in [0.29, 0.717) is 0 Å². The predicted molar refractivity (Wildman–Crippen MR) is 71.4 cm³/mol. The van der Waals surface area contributed by atoms with E-state index in [9.17, 15) is 4.79 Å². The van der Waals surface area contributed by atoms with E-state index in [2.05, 4.69) is 20.4 Å². The van der Waals surface area contributed by atoms with Gasteiger partial charge in [0.1, 0.15) is 6.29 Å². The van der Waals surface area contributed by atoms with Crippen LogP contribution >= 0.6 is 0 Å². The highest BCUT2D eigenvalue weighted by Crippen LogP contribution is 2.01. The fourth-order valence-electron chi connectivity index (χ4n) is 0.892. The molecule has 0 unspecified atom stereocenters. The molecule has 0 N–H and O–H groups in total. The van der Waals surface area contributed by atoms with E-state index in [0.717, 1.165) is 17.6 Å². The van der Waals surface area contributed by atoms with Crippen LogP contribution in [0.5, 0.6) is 0 Å². The number of hydrogen-bond donors (Lipinski definition) is 0. The second kappa shape index (κ2) is 8.92. The summed E-state index contributed by atoms with van der Waals surface area (Å²) in [5.74, 6) is 1.11. The van der Waals surface area contributed by atoms with Crippen molar-refractivity contribution in [2.45, 2.75) is 27.3 Å². The number of allylic oxidation sites excluding steroid dienone is 2. The molecule has 16 heavy (non-hydrogen) atoms. The van der Waals surface area contributed by atoms with Gasteiger partial charge in [-0.3, -0.25) is 4.79 Å². The van der Waals surface area contributed by atoms with Crippen molar-refractivity contribution in [3.8, 4) is 0 Å². The van der Waals surface area contributed by atoms with Crippen molar-refractivity contribution < 1.29 is 9.22 Å². The minimum Gasteiger partial charge on any atom is -0.553 e. The first-order valence-electron chi connectivity index (χ1n) is 5.38. The zero-order chi connectivity index (χ0) is 12.4. The molecule has 0 aliphatic carbocycles. The van der Waals surface area contributed by atoms with Gasteiger partial charge in [-0.25, -0.2) is 0 Å². The van der Waals surface area contributed by atoms with E-state index >= 15 is 0 Å². The molecular weight excluding hydrogens is 216 g/mol. The van der Waals surface area contributed by atoms with Gasteiger partial charge < -0.3 is 4.43 Å². The van der Waals surface area contributed by atoms with Crippen LogP contribution in [0.1, 0.15) is 31.1 Å². The molecule has 3 heteroatoms. The maximum Gasteiger partial charge on any atom is 0.216 e. The lowest BCUT2D eigenvalue weighted by Gasteiger charge is -2.03. The fraction of sp³-hybridized carbons (Fsp3) is 0.308. The summed E-state index contributed by atoms with van der Waals surface area (Å²) in [7, 11) is -0.234. The molecule has 0 aliphatic rings. The normalized spacial score (nSPS) is 9.25. The molecule has 0 amide bonds. The van der Waals surface area contributed by atoms with Crippen LogP contribution in [0.2, 0.25) is 6.55 Å². The highest BCUT2D eigenvalue weighted by atomic mass is 28.2. The fourth-order valence-corrected chi connectivity index (χ4v) is 1.61. The third-order valence-electron chi connectivity index (χ3n) is 2.00. The standard InChI is InChI=1S/C7H6O.C6H14OSi/c8-6-7-4-2-1-3-5-7;1-5(2)6(3)7-8-4/h1-6H;8H2,1-4H3. The largest absolute Gasteiger partial charge is 0.553 e. The third kappa shape index (κ3) is 7.01. The Morgan fingerprint density at radius 3 is 2.00 bits per heavy atom. The molecule has 0 fully saturated rings. The number of benzene rings is 1. The van der Waals surface area contributed by atoms with Gasteiger partial charge in [-0.05, 0) is 32.9 Å². The molecule has 1 aromatic rings. The lowest BCUT2D eigenvalue weighted by molar-refractivity contribution is 0.112. The van der Waals surface area contributed by atoms with Gasteiger partial charge in [-0.2, -0.15) is 0 Å². The smallest absolute Gasteiger partial charge is 0.216 e. The maximum atomic E-state index is 10.0. The van der Waals surface area contributed by atoms with E-state index < -0.39 is 0 Å². The average Bonchev–Trinajstić information content (AvgIpc) is 2.31. The molecule has 1 rings (SSSR count). The summed E-state index contributed by atoms with van der Waals surface area (Å²) in [5.41, 5.74) is 2.02. The van der Waals surface area contributed by atoms with Gasteiger partial charge in [0.2, 0.25) is 9.76 Å². The number of hydrogen-bond acceptors (Lipinski definition) is 2. The Bertz CT molecular complexity index is 327. The zero-order valence-corrected chi connectivity index (χ0v) is 11.9. The minimum absolute atomic E-state index is 0.234. The molecule has 88 valence electrons. The Labute approximate surface area is 100 Å². The summed E-state index contributed by atoms with van der Waals surface area (Å²) in [6, 6.07) is 9.10. The Balaban J connectivity index is 0.000000281. The van der Waals surface area contributed by atoms with Crippen LogP contribution in [0.3, 0.4) is 0 Å². The Hall–Kier alpha value is -1.35. The molecule has 0 saturated heterocycles. The minimum atomic E-state index is -0.234. The summed E-state index contributed by atoms with van der Waals surface area (Å²) in [4.78, 5) is 10.0. The molecule has 0 heterocycles. The topological polar surface area (TPSA) is 26.3 Å². The van der Waals surface area contributed by atoms with Crippen molar-refractivity contribution in [3.05, 3.63) is 47.2 Å². The zero-order valence-electron chi connectivity index (χ0n) is 10.5. The molecule has 0 saturated carbocycles. The first kappa shape index (κ1) is 14.6. The highest BCUT2D eigenvalue weighted by molar-refractivity contribution is 6.25. The van der Waals surface area contributed by atoms with Crippen LogP contribution in [0, 0.1) is 0 Å². The van der Waals surface area contributed by atoms with E-state index in [-0.39, 0.29) is 9.76 Å². The molecule has 0 spiro atoms. The van der Waals surface area contributed by atoms with E-state index in [1.807, 2.05) is 25.1 Å². The lowest BCUT2D eigenvalue weighted by Crippen LogP contribution is -1.91. The van der Waals surface area contributed by atoms with Gasteiger partial charge in [0.25, 0.3) is 0 Å². The van der Waals surface area contributed by atoms with E-state index in [1.165, 1.54) is 5.57 Å². The first-order valence-corrected chi connectivity index (χ1v) is 7.38. The Kier molecular flexibility index (Phi) is 8.16. The molecule has 1 aromatic carbocycles. The first-order chi connectivity index (χ1) is 7.61. The Morgan fingerprint density at radius 1 is 1.19 bits per heavy atom. The number of rotatable bonds is 3. The van der Waals surface area contributed by atoms with Crippen molar-refractivity contribution in [2.75, 3.05) is 0 Å². The van der Waals surface area contributed by atoms with Crippen molar-refractivity contribution in [1.29, 1.82) is 0 Å². The summed E-state index contributed by atoms with van der Waals surface area (Å²) in [6.45, 7) is 8.29. The van der Waals surface area contributed by atoms with Gasteiger partial charge in [0.15, 0.2) is 0 Å². The van der Waals surface area contributed by atoms with Gasteiger partial charge in [0.05, 0.1) is 5.76 Å². The quantitative estimate of drug-likeness (QED) is 0.458. The van der Waals surface area contributed by atoms with E-state index in [4.69, 9.17) is 4.43 Å². The summed E-state index contributed by atoms with van der Waals surface area (Å²) < 4.78 is 5.32. The SMILES string of the molecule is C[SiH2]OC(C)=C(C)C.O=Cc1ccccc1. The van der Waals surface area contributed by atoms with E-state index in [1.54, 1.807) is 12.1 Å². The monoisotopic (exact) mass is 236 g/mol. The van der Waals surface area contributed by atoms with Crippen molar-refractivity contribution in [2.24, 2.45) is 0 Å². The van der Waals surface area contributed by atoms with Crippen LogP contribution in [0.15, 0.2) is 41.7 Å². The van der Waals surface area contributed by atoms with Gasteiger partial charge in [-0.1, -0.05) is 30.3 Å². The molecule has 0 aliphatic heterocycles. The summed E-state index contributed by atoms with van der Waals surface area (Å²) in [6.07, 6.45) is 0.833. The molecule has 2 nitrogen and oxygen atoms in total.